The molecule has 0 aliphatic rings. The van der Waals surface area contributed by atoms with E-state index in [0.29, 0.717) is 6.04 Å². The molecular formula is C14H17FN2. The van der Waals surface area contributed by atoms with Crippen LogP contribution in [0.25, 0.3) is 0 Å². The average Bonchev–Trinajstić information content (AvgIpc) is 2.83. The van der Waals surface area contributed by atoms with E-state index in [1.165, 1.54) is 17.7 Å². The molecule has 90 valence electrons. The molecule has 2 N–H and O–H groups in total. The van der Waals surface area contributed by atoms with Crippen LogP contribution in [0.2, 0.25) is 0 Å². The highest BCUT2D eigenvalue weighted by molar-refractivity contribution is 5.17. The molecule has 1 unspecified atom stereocenters. The van der Waals surface area contributed by atoms with Gasteiger partial charge in [0.2, 0.25) is 0 Å². The van der Waals surface area contributed by atoms with Gasteiger partial charge in [0.1, 0.15) is 5.82 Å². The molecular weight excluding hydrogens is 215 g/mol. The minimum atomic E-state index is -0.179. The molecule has 0 spiro atoms. The third-order valence-electron chi connectivity index (χ3n) is 2.77. The average molecular weight is 232 g/mol. The van der Waals surface area contributed by atoms with E-state index in [1.807, 2.05) is 24.5 Å². The molecule has 2 nitrogen and oxygen atoms in total. The lowest BCUT2D eigenvalue weighted by Gasteiger charge is -2.13. The Morgan fingerprint density at radius 3 is 2.59 bits per heavy atom. The van der Waals surface area contributed by atoms with Gasteiger partial charge < -0.3 is 10.3 Å². The zero-order valence-electron chi connectivity index (χ0n) is 9.91. The number of aromatic amines is 1. The first kappa shape index (κ1) is 11.9. The number of halogens is 1. The second-order valence-electron chi connectivity index (χ2n) is 4.33. The number of aromatic nitrogens is 1. The molecule has 1 atom stereocenters. The first-order valence-electron chi connectivity index (χ1n) is 5.83. The zero-order valence-corrected chi connectivity index (χ0v) is 9.91. The summed E-state index contributed by atoms with van der Waals surface area (Å²) in [7, 11) is 0. The summed E-state index contributed by atoms with van der Waals surface area (Å²) in [6, 6.07) is 9.11. The maximum absolute atomic E-state index is 12.7. The quantitative estimate of drug-likeness (QED) is 0.815. The molecule has 0 saturated heterocycles. The standard InChI is InChI=1S/C14H17FN2/c1-11(17-10-13-6-7-16-9-13)8-12-2-4-14(15)5-3-12/h2-7,9,11,16-17H,8,10H2,1H3. The lowest BCUT2D eigenvalue weighted by atomic mass is 10.1. The lowest BCUT2D eigenvalue weighted by Crippen LogP contribution is -2.27. The molecule has 17 heavy (non-hydrogen) atoms. The number of H-pyrrole nitrogens is 1. The Labute approximate surface area is 101 Å². The Morgan fingerprint density at radius 1 is 1.18 bits per heavy atom. The number of benzene rings is 1. The maximum atomic E-state index is 12.7. The second kappa shape index (κ2) is 5.64. The third kappa shape index (κ3) is 3.71. The van der Waals surface area contributed by atoms with Crippen molar-refractivity contribution in [2.45, 2.75) is 25.9 Å². The number of rotatable bonds is 5. The lowest BCUT2D eigenvalue weighted by molar-refractivity contribution is 0.545. The Bertz CT molecular complexity index is 434. The molecule has 0 amide bonds. The van der Waals surface area contributed by atoms with E-state index in [-0.39, 0.29) is 5.82 Å². The van der Waals surface area contributed by atoms with Crippen LogP contribution in [-0.2, 0) is 13.0 Å². The van der Waals surface area contributed by atoms with Crippen molar-refractivity contribution in [3.63, 3.8) is 0 Å². The molecule has 1 aromatic carbocycles. The van der Waals surface area contributed by atoms with Crippen molar-refractivity contribution in [3.8, 4) is 0 Å². The SMILES string of the molecule is CC(Cc1ccc(F)cc1)NCc1cc[nH]c1. The van der Waals surface area contributed by atoms with Crippen LogP contribution >= 0.6 is 0 Å². The molecule has 0 saturated carbocycles. The van der Waals surface area contributed by atoms with Crippen molar-refractivity contribution in [2.24, 2.45) is 0 Å². The summed E-state index contributed by atoms with van der Waals surface area (Å²) < 4.78 is 12.7. The van der Waals surface area contributed by atoms with Gasteiger partial charge in [0.25, 0.3) is 0 Å². The smallest absolute Gasteiger partial charge is 0.123 e. The van der Waals surface area contributed by atoms with Crippen LogP contribution in [0.3, 0.4) is 0 Å². The molecule has 3 heteroatoms. The van der Waals surface area contributed by atoms with Crippen LogP contribution < -0.4 is 5.32 Å². The van der Waals surface area contributed by atoms with Gasteiger partial charge >= 0.3 is 0 Å². The minimum Gasteiger partial charge on any atom is -0.367 e. The van der Waals surface area contributed by atoms with Gasteiger partial charge in [0.15, 0.2) is 0 Å². The molecule has 2 rings (SSSR count). The Hall–Kier alpha value is -1.61. The largest absolute Gasteiger partial charge is 0.367 e. The molecule has 0 bridgehead atoms. The normalized spacial score (nSPS) is 12.6. The van der Waals surface area contributed by atoms with E-state index in [9.17, 15) is 4.39 Å². The van der Waals surface area contributed by atoms with Crippen molar-refractivity contribution in [3.05, 3.63) is 59.7 Å². The fourth-order valence-electron chi connectivity index (χ4n) is 1.81. The van der Waals surface area contributed by atoms with Gasteiger partial charge in [0.05, 0.1) is 0 Å². The van der Waals surface area contributed by atoms with E-state index in [4.69, 9.17) is 0 Å². The van der Waals surface area contributed by atoms with E-state index in [1.54, 1.807) is 0 Å². The maximum Gasteiger partial charge on any atom is 0.123 e. The highest BCUT2D eigenvalue weighted by Gasteiger charge is 2.03. The molecule has 0 aliphatic carbocycles. The highest BCUT2D eigenvalue weighted by atomic mass is 19.1. The van der Waals surface area contributed by atoms with Gasteiger partial charge in [-0.3, -0.25) is 0 Å². The van der Waals surface area contributed by atoms with Crippen LogP contribution in [0.1, 0.15) is 18.1 Å². The Kier molecular flexibility index (Phi) is 3.94. The van der Waals surface area contributed by atoms with Crippen molar-refractivity contribution < 1.29 is 4.39 Å². The summed E-state index contributed by atoms with van der Waals surface area (Å²) in [4.78, 5) is 3.03. The first-order valence-corrected chi connectivity index (χ1v) is 5.83. The highest BCUT2D eigenvalue weighted by Crippen LogP contribution is 2.06. The van der Waals surface area contributed by atoms with E-state index < -0.39 is 0 Å². The summed E-state index contributed by atoms with van der Waals surface area (Å²) in [5, 5.41) is 3.43. The van der Waals surface area contributed by atoms with Crippen molar-refractivity contribution >= 4 is 0 Å². The summed E-state index contributed by atoms with van der Waals surface area (Å²) in [5.74, 6) is -0.179. The van der Waals surface area contributed by atoms with E-state index in [0.717, 1.165) is 18.5 Å². The summed E-state index contributed by atoms with van der Waals surface area (Å²) >= 11 is 0. The second-order valence-corrected chi connectivity index (χ2v) is 4.33. The van der Waals surface area contributed by atoms with Crippen LogP contribution in [0, 0.1) is 5.82 Å². The van der Waals surface area contributed by atoms with Crippen molar-refractivity contribution in [2.75, 3.05) is 0 Å². The van der Waals surface area contributed by atoms with Gasteiger partial charge in [-0.15, -0.1) is 0 Å². The van der Waals surface area contributed by atoms with Gasteiger partial charge in [-0.25, -0.2) is 4.39 Å². The molecule has 1 heterocycles. The Morgan fingerprint density at radius 2 is 1.94 bits per heavy atom. The van der Waals surface area contributed by atoms with Crippen molar-refractivity contribution in [1.82, 2.24) is 10.3 Å². The van der Waals surface area contributed by atoms with Gasteiger partial charge in [0, 0.05) is 25.0 Å². The van der Waals surface area contributed by atoms with Gasteiger partial charge in [-0.2, -0.15) is 0 Å². The molecule has 1 aromatic heterocycles. The van der Waals surface area contributed by atoms with Gasteiger partial charge in [-0.05, 0) is 42.7 Å². The van der Waals surface area contributed by atoms with Crippen LogP contribution in [0.15, 0.2) is 42.7 Å². The zero-order chi connectivity index (χ0) is 12.1. The van der Waals surface area contributed by atoms with E-state index >= 15 is 0 Å². The van der Waals surface area contributed by atoms with E-state index in [2.05, 4.69) is 23.3 Å². The molecule has 0 aliphatic heterocycles. The minimum absolute atomic E-state index is 0.179. The summed E-state index contributed by atoms with van der Waals surface area (Å²) in [5.41, 5.74) is 2.40. The Balaban J connectivity index is 1.80. The van der Waals surface area contributed by atoms with Crippen LogP contribution in [0.4, 0.5) is 4.39 Å². The van der Waals surface area contributed by atoms with Crippen molar-refractivity contribution in [1.29, 1.82) is 0 Å². The summed E-state index contributed by atoms with van der Waals surface area (Å²) in [6.45, 7) is 2.99. The summed E-state index contributed by atoms with van der Waals surface area (Å²) in [6.07, 6.45) is 4.81. The molecule has 2 aromatic rings. The fraction of sp³-hybridized carbons (Fsp3) is 0.286. The van der Waals surface area contributed by atoms with Crippen LogP contribution in [0.5, 0.6) is 0 Å². The first-order chi connectivity index (χ1) is 8.24. The van der Waals surface area contributed by atoms with Gasteiger partial charge in [-0.1, -0.05) is 12.1 Å². The topological polar surface area (TPSA) is 27.8 Å². The number of hydrogen-bond acceptors (Lipinski definition) is 1. The molecule has 0 radical (unpaired) electrons. The monoisotopic (exact) mass is 232 g/mol. The fourth-order valence-corrected chi connectivity index (χ4v) is 1.81. The number of nitrogens with one attached hydrogen (secondary N) is 2. The van der Waals surface area contributed by atoms with Crippen LogP contribution in [-0.4, -0.2) is 11.0 Å². The predicted molar refractivity (Wildman–Crippen MR) is 67.2 cm³/mol. The number of hydrogen-bond donors (Lipinski definition) is 2. The predicted octanol–water partition coefficient (Wildman–Crippen LogP) is 2.87. The third-order valence-corrected chi connectivity index (χ3v) is 2.77. The molecule has 0 fully saturated rings.